The topological polar surface area (TPSA) is 9.23 Å². The third-order valence-electron chi connectivity index (χ3n) is 4.15. The maximum absolute atomic E-state index is 6.15. The van der Waals surface area contributed by atoms with Gasteiger partial charge in [0, 0.05) is 27.7 Å². The molecule has 1 unspecified atom stereocenters. The van der Waals surface area contributed by atoms with Crippen LogP contribution in [0.1, 0.15) is 37.7 Å². The van der Waals surface area contributed by atoms with Crippen molar-refractivity contribution in [2.75, 3.05) is 17.3 Å². The first-order valence-corrected chi connectivity index (χ1v) is 9.82. The molecule has 4 heteroatoms. The molecule has 0 spiro atoms. The molecule has 1 atom stereocenters. The van der Waals surface area contributed by atoms with Gasteiger partial charge in [0.25, 0.3) is 0 Å². The van der Waals surface area contributed by atoms with Gasteiger partial charge in [-0.25, -0.2) is 0 Å². The van der Waals surface area contributed by atoms with Crippen LogP contribution < -0.4 is 0 Å². The lowest BCUT2D eigenvalue weighted by Crippen LogP contribution is -2.30. The number of hydrogen-bond acceptors (Lipinski definition) is 1. The van der Waals surface area contributed by atoms with Crippen LogP contribution in [0.2, 0.25) is 5.02 Å². The van der Waals surface area contributed by atoms with Gasteiger partial charge in [0.15, 0.2) is 0 Å². The fraction of sp³-hybridized carbons (Fsp3) is 0.625. The summed E-state index contributed by atoms with van der Waals surface area (Å²) in [5.41, 5.74) is 1.43. The molecule has 0 bridgehead atoms. The Labute approximate surface area is 143 Å². The number of rotatable bonds is 7. The van der Waals surface area contributed by atoms with Crippen LogP contribution in [0, 0.1) is 0 Å². The number of alkyl halides is 2. The van der Waals surface area contributed by atoms with E-state index in [1.54, 1.807) is 0 Å². The summed E-state index contributed by atoms with van der Waals surface area (Å²) < 4.78 is 5.72. The summed E-state index contributed by atoms with van der Waals surface area (Å²) in [7, 11) is 0. The molecular formula is C16H21Br2ClO. The highest BCUT2D eigenvalue weighted by Gasteiger charge is 2.30. The van der Waals surface area contributed by atoms with Crippen molar-refractivity contribution in [2.24, 2.45) is 0 Å². The second-order valence-electron chi connectivity index (χ2n) is 5.59. The Morgan fingerprint density at radius 3 is 2.70 bits per heavy atom. The molecule has 0 N–H and O–H groups in total. The summed E-state index contributed by atoms with van der Waals surface area (Å²) in [6, 6.07) is 8.25. The molecular weight excluding hydrogens is 403 g/mol. The molecule has 1 aliphatic heterocycles. The molecule has 1 aromatic carbocycles. The van der Waals surface area contributed by atoms with Gasteiger partial charge in [-0.2, -0.15) is 0 Å². The lowest BCUT2D eigenvalue weighted by Gasteiger charge is -2.31. The molecule has 0 aromatic heterocycles. The van der Waals surface area contributed by atoms with Gasteiger partial charge in [0.2, 0.25) is 0 Å². The second kappa shape index (κ2) is 8.17. The van der Waals surface area contributed by atoms with Crippen LogP contribution in [-0.2, 0) is 10.2 Å². The van der Waals surface area contributed by atoms with Gasteiger partial charge in [-0.1, -0.05) is 55.6 Å². The summed E-state index contributed by atoms with van der Waals surface area (Å²) in [5, 5.41) is 2.70. The van der Waals surface area contributed by atoms with E-state index in [9.17, 15) is 0 Å². The lowest BCUT2D eigenvalue weighted by atomic mass is 9.79. The van der Waals surface area contributed by atoms with Crippen LogP contribution in [0.25, 0.3) is 0 Å². The average Bonchev–Trinajstić information content (AvgIpc) is 2.97. The van der Waals surface area contributed by atoms with E-state index in [0.717, 1.165) is 28.7 Å². The van der Waals surface area contributed by atoms with E-state index in [4.69, 9.17) is 16.3 Å². The zero-order chi connectivity index (χ0) is 14.4. The van der Waals surface area contributed by atoms with Gasteiger partial charge in [-0.3, -0.25) is 0 Å². The van der Waals surface area contributed by atoms with Crippen LogP contribution in [-0.4, -0.2) is 23.4 Å². The van der Waals surface area contributed by atoms with Crippen LogP contribution in [0.15, 0.2) is 24.3 Å². The molecule has 1 saturated heterocycles. The highest BCUT2D eigenvalue weighted by Crippen LogP contribution is 2.36. The third-order valence-corrected chi connectivity index (χ3v) is 6.54. The van der Waals surface area contributed by atoms with E-state index < -0.39 is 0 Å². The summed E-state index contributed by atoms with van der Waals surface area (Å²) in [6.45, 7) is 0.945. The van der Waals surface area contributed by atoms with Crippen molar-refractivity contribution in [3.05, 3.63) is 34.9 Å². The molecule has 112 valence electrons. The van der Waals surface area contributed by atoms with Crippen molar-refractivity contribution in [3.8, 4) is 0 Å². The molecule has 0 amide bonds. The lowest BCUT2D eigenvalue weighted by molar-refractivity contribution is 0.101. The smallest absolute Gasteiger partial charge is 0.0576 e. The molecule has 0 aliphatic carbocycles. The molecule has 0 saturated carbocycles. The summed E-state index contributed by atoms with van der Waals surface area (Å²) in [6.07, 6.45) is 6.44. The van der Waals surface area contributed by atoms with Gasteiger partial charge in [-0.15, -0.1) is 0 Å². The number of benzene rings is 1. The first kappa shape index (κ1) is 16.8. The van der Waals surface area contributed by atoms with Crippen LogP contribution >= 0.6 is 43.5 Å². The molecule has 1 fully saturated rings. The van der Waals surface area contributed by atoms with Gasteiger partial charge in [0.05, 0.1) is 6.10 Å². The number of ether oxygens (including phenoxy) is 1. The summed E-state index contributed by atoms with van der Waals surface area (Å²) in [4.78, 5) is 0. The minimum Gasteiger partial charge on any atom is -0.378 e. The van der Waals surface area contributed by atoms with E-state index in [1.807, 2.05) is 12.1 Å². The largest absolute Gasteiger partial charge is 0.378 e. The maximum atomic E-state index is 6.15. The Morgan fingerprint density at radius 1 is 1.30 bits per heavy atom. The first-order chi connectivity index (χ1) is 9.70. The van der Waals surface area contributed by atoms with Gasteiger partial charge in [-0.05, 0) is 49.8 Å². The Hall–Kier alpha value is 0.430. The molecule has 0 radical (unpaired) electrons. The van der Waals surface area contributed by atoms with Crippen molar-refractivity contribution < 1.29 is 4.74 Å². The predicted molar refractivity (Wildman–Crippen MR) is 93.5 cm³/mol. The SMILES string of the molecule is Clc1cccc(C(CBr)(CBr)CCCC2CCCO2)c1. The van der Waals surface area contributed by atoms with Crippen molar-refractivity contribution in [3.63, 3.8) is 0 Å². The zero-order valence-electron chi connectivity index (χ0n) is 11.6. The minimum atomic E-state index is 0.115. The first-order valence-electron chi connectivity index (χ1n) is 7.20. The van der Waals surface area contributed by atoms with Gasteiger partial charge >= 0.3 is 0 Å². The van der Waals surface area contributed by atoms with Crippen molar-refractivity contribution in [1.82, 2.24) is 0 Å². The van der Waals surface area contributed by atoms with E-state index in [0.29, 0.717) is 6.10 Å². The van der Waals surface area contributed by atoms with Crippen molar-refractivity contribution in [1.29, 1.82) is 0 Å². The monoisotopic (exact) mass is 422 g/mol. The van der Waals surface area contributed by atoms with Crippen LogP contribution in [0.4, 0.5) is 0 Å². The molecule has 1 aromatic rings. The van der Waals surface area contributed by atoms with E-state index in [1.165, 1.54) is 31.2 Å². The van der Waals surface area contributed by atoms with E-state index in [2.05, 4.69) is 44.0 Å². The van der Waals surface area contributed by atoms with Gasteiger partial charge in [0.1, 0.15) is 0 Å². The number of hydrogen-bond donors (Lipinski definition) is 0. The van der Waals surface area contributed by atoms with E-state index in [-0.39, 0.29) is 5.41 Å². The molecule has 1 heterocycles. The molecule has 2 rings (SSSR count). The summed E-state index contributed by atoms with van der Waals surface area (Å²) in [5.74, 6) is 0. The average molecular weight is 425 g/mol. The summed E-state index contributed by atoms with van der Waals surface area (Å²) >= 11 is 13.6. The Morgan fingerprint density at radius 2 is 2.10 bits per heavy atom. The Balaban J connectivity index is 2.00. The van der Waals surface area contributed by atoms with E-state index >= 15 is 0 Å². The second-order valence-corrected chi connectivity index (χ2v) is 7.14. The fourth-order valence-electron chi connectivity index (χ4n) is 2.83. The molecule has 1 nitrogen and oxygen atoms in total. The zero-order valence-corrected chi connectivity index (χ0v) is 15.5. The standard InChI is InChI=1S/C16H21Br2ClO/c17-11-16(12-18,13-4-1-5-14(19)10-13)8-2-6-15-7-3-9-20-15/h1,4-5,10,15H,2-3,6-9,11-12H2. The Bertz CT molecular complexity index is 415. The van der Waals surface area contributed by atoms with Crippen LogP contribution in [0.5, 0.6) is 0 Å². The van der Waals surface area contributed by atoms with Crippen LogP contribution in [0.3, 0.4) is 0 Å². The highest BCUT2D eigenvalue weighted by atomic mass is 79.9. The maximum Gasteiger partial charge on any atom is 0.0576 e. The Kier molecular flexibility index (Phi) is 6.86. The number of halogens is 3. The fourth-order valence-corrected chi connectivity index (χ4v) is 5.15. The third kappa shape index (κ3) is 4.22. The predicted octanol–water partition coefficient (Wildman–Crippen LogP) is 5.72. The van der Waals surface area contributed by atoms with Crippen molar-refractivity contribution >= 4 is 43.5 Å². The quantitative estimate of drug-likeness (QED) is 0.509. The normalized spacial score (nSPS) is 19.4. The minimum absolute atomic E-state index is 0.115. The van der Waals surface area contributed by atoms with Crippen molar-refractivity contribution in [2.45, 2.75) is 43.6 Å². The molecule has 1 aliphatic rings. The van der Waals surface area contributed by atoms with Gasteiger partial charge < -0.3 is 4.74 Å². The highest BCUT2D eigenvalue weighted by molar-refractivity contribution is 9.09. The molecule has 20 heavy (non-hydrogen) atoms.